The molecule has 106 valence electrons. The highest BCUT2D eigenvalue weighted by Crippen LogP contribution is 2.12. The molecule has 1 unspecified atom stereocenters. The molecule has 0 fully saturated rings. The second-order valence-electron chi connectivity index (χ2n) is 5.10. The standard InChI is InChI=1S/C14H29O2.HI.Mg/c1-3-5-7-8-9-11-13-16-14-15-12-10-6-4-2;;/h4H,3,5-14H2,1-2H3;1H;/q;;+1/p-1. The summed E-state index contributed by atoms with van der Waals surface area (Å²) in [7, 11) is 0. The molecule has 0 saturated carbocycles. The largest absolute Gasteiger partial charge is 0.466 e. The fourth-order valence-corrected chi connectivity index (χ4v) is 3.54. The molecule has 0 amide bonds. The van der Waals surface area contributed by atoms with E-state index in [0.29, 0.717) is 6.79 Å². The summed E-state index contributed by atoms with van der Waals surface area (Å²) in [5.41, 5.74) is 0. The lowest BCUT2D eigenvalue weighted by molar-refractivity contribution is -0.0555. The van der Waals surface area contributed by atoms with Crippen LogP contribution in [0.1, 0.15) is 65.2 Å². The van der Waals surface area contributed by atoms with Gasteiger partial charge in [0.2, 0.25) is 0 Å². The molecule has 4 heteroatoms. The molecule has 0 aliphatic heterocycles. The molecule has 0 bridgehead atoms. The van der Waals surface area contributed by atoms with Gasteiger partial charge in [0.25, 0.3) is 0 Å². The van der Waals surface area contributed by atoms with Crippen LogP contribution in [-0.4, -0.2) is 36.5 Å². The Bertz CT molecular complexity index is 159. The van der Waals surface area contributed by atoms with Crippen molar-refractivity contribution in [2.24, 2.45) is 0 Å². The first kappa shape index (κ1) is 19.4. The Hall–Kier alpha value is 1.42. The van der Waals surface area contributed by atoms with Gasteiger partial charge in [-0.25, -0.2) is 0 Å². The first-order valence-electron chi connectivity index (χ1n) is 7.52. The molecule has 0 radical (unpaired) electrons. The fraction of sp³-hybridized carbons (Fsp3) is 1.00. The van der Waals surface area contributed by atoms with Crippen LogP contribution in [0.2, 0.25) is 4.05 Å². The molecule has 0 spiro atoms. The minimum absolute atomic E-state index is 0.162. The van der Waals surface area contributed by atoms with Crippen LogP contribution in [0.3, 0.4) is 0 Å². The van der Waals surface area contributed by atoms with E-state index in [1.165, 1.54) is 51.4 Å². The van der Waals surface area contributed by atoms with Crippen molar-refractivity contribution in [2.45, 2.75) is 69.3 Å². The zero-order chi connectivity index (χ0) is 13.5. The van der Waals surface area contributed by atoms with E-state index in [9.17, 15) is 0 Å². The van der Waals surface area contributed by atoms with Crippen molar-refractivity contribution in [1.29, 1.82) is 0 Å². The molecular formula is C14H29IMgO2. The molecule has 0 aromatic heterocycles. The first-order valence-corrected chi connectivity index (χ1v) is 13.5. The normalized spacial score (nSPS) is 12.4. The van der Waals surface area contributed by atoms with Gasteiger partial charge < -0.3 is 28.3 Å². The van der Waals surface area contributed by atoms with Crippen LogP contribution in [0, 0.1) is 0 Å². The van der Waals surface area contributed by atoms with Crippen molar-refractivity contribution in [2.75, 3.05) is 20.0 Å². The first-order chi connectivity index (χ1) is 8.81. The minimum Gasteiger partial charge on any atom is -0.355 e. The van der Waals surface area contributed by atoms with E-state index in [4.69, 9.17) is 9.47 Å². The van der Waals surface area contributed by atoms with Crippen LogP contribution in [0.25, 0.3) is 0 Å². The molecular weight excluding hydrogens is 351 g/mol. The Kier molecular flexibility index (Phi) is 17.8. The zero-order valence-corrected chi connectivity index (χ0v) is 15.8. The van der Waals surface area contributed by atoms with E-state index in [-0.39, 0.29) is 16.5 Å². The van der Waals surface area contributed by atoms with Crippen molar-refractivity contribution < 1.29 is 9.47 Å². The lowest BCUT2D eigenvalue weighted by Crippen LogP contribution is -2.04. The summed E-state index contributed by atoms with van der Waals surface area (Å²) in [6.07, 6.45) is 10.4. The third-order valence-electron chi connectivity index (χ3n) is 3.06. The lowest BCUT2D eigenvalue weighted by atomic mass is 10.1. The summed E-state index contributed by atoms with van der Waals surface area (Å²) in [6.45, 7) is 6.83. The maximum Gasteiger partial charge on any atom is 0.466 e. The monoisotopic (exact) mass is 380 g/mol. The maximum atomic E-state index is 5.46. The highest BCUT2D eigenvalue weighted by Gasteiger charge is 2.02. The van der Waals surface area contributed by atoms with Gasteiger partial charge in [-0.15, -0.1) is 4.05 Å². The van der Waals surface area contributed by atoms with Crippen LogP contribution in [0.5, 0.6) is 0 Å². The Morgan fingerprint density at radius 3 is 2.22 bits per heavy atom. The second-order valence-corrected chi connectivity index (χ2v) is 9.45. The molecule has 2 nitrogen and oxygen atoms in total. The smallest absolute Gasteiger partial charge is 0.355 e. The number of hydrogen-bond acceptors (Lipinski definition) is 2. The van der Waals surface area contributed by atoms with Crippen LogP contribution in [-0.2, 0) is 9.47 Å². The zero-order valence-electron chi connectivity index (χ0n) is 12.3. The van der Waals surface area contributed by atoms with E-state index in [1.807, 2.05) is 0 Å². The van der Waals surface area contributed by atoms with Crippen LogP contribution < -0.4 is 0 Å². The summed E-state index contributed by atoms with van der Waals surface area (Å²) in [5.74, 6) is 0. The predicted octanol–water partition coefficient (Wildman–Crippen LogP) is 4.98. The number of hydrogen-bond donors (Lipinski definition) is 0. The molecule has 1 atom stereocenters. The van der Waals surface area contributed by atoms with Crippen molar-refractivity contribution >= 4 is 35.3 Å². The number of halogens is 1. The van der Waals surface area contributed by atoms with Gasteiger partial charge in [0.1, 0.15) is 6.79 Å². The summed E-state index contributed by atoms with van der Waals surface area (Å²) in [4.78, 5) is 0. The minimum atomic E-state index is 0.162. The summed E-state index contributed by atoms with van der Waals surface area (Å²) >= 11 is 2.74. The van der Waals surface area contributed by atoms with Gasteiger partial charge in [0.05, 0.1) is 0 Å². The highest BCUT2D eigenvalue weighted by atomic mass is 127. The topological polar surface area (TPSA) is 18.5 Å². The van der Waals surface area contributed by atoms with Gasteiger partial charge in [-0.3, -0.25) is 0 Å². The molecule has 0 saturated heterocycles. The molecule has 0 N–H and O–H groups in total. The molecule has 0 rings (SSSR count). The van der Waals surface area contributed by atoms with Gasteiger partial charge >= 0.3 is 16.5 Å². The highest BCUT2D eigenvalue weighted by molar-refractivity contribution is 14.1. The van der Waals surface area contributed by atoms with E-state index >= 15 is 0 Å². The Morgan fingerprint density at radius 2 is 1.56 bits per heavy atom. The van der Waals surface area contributed by atoms with E-state index in [2.05, 4.69) is 32.7 Å². The van der Waals surface area contributed by atoms with Crippen LogP contribution in [0.4, 0.5) is 0 Å². The summed E-state index contributed by atoms with van der Waals surface area (Å²) in [5, 5.41) is 0. The SMILES string of the molecule is CCCCCCCCOCOCCC[CH](C)[Mg][I]. The third-order valence-corrected chi connectivity index (χ3v) is 8.50. The molecule has 0 aliphatic carbocycles. The molecule has 0 aromatic rings. The van der Waals surface area contributed by atoms with Crippen LogP contribution in [0.15, 0.2) is 0 Å². The van der Waals surface area contributed by atoms with E-state index < -0.39 is 0 Å². The Balaban J connectivity index is 2.94. The molecule has 0 aromatic carbocycles. The average molecular weight is 381 g/mol. The van der Waals surface area contributed by atoms with E-state index in [1.54, 1.807) is 0 Å². The molecule has 18 heavy (non-hydrogen) atoms. The van der Waals surface area contributed by atoms with Gasteiger partial charge in [0.15, 0.2) is 0 Å². The van der Waals surface area contributed by atoms with Crippen LogP contribution >= 0.6 is 18.9 Å². The van der Waals surface area contributed by atoms with Gasteiger partial charge in [-0.1, -0.05) is 52.4 Å². The summed E-state index contributed by atoms with van der Waals surface area (Å²) in [6, 6.07) is 0. The second kappa shape index (κ2) is 16.5. The predicted molar refractivity (Wildman–Crippen MR) is 88.6 cm³/mol. The Labute approximate surface area is 133 Å². The number of rotatable bonds is 14. The average Bonchev–Trinajstić information content (AvgIpc) is 2.39. The maximum absolute atomic E-state index is 5.46. The molecule has 0 heterocycles. The third kappa shape index (κ3) is 15.5. The quantitative estimate of drug-likeness (QED) is 0.183. The van der Waals surface area contributed by atoms with Crippen molar-refractivity contribution in [3.05, 3.63) is 0 Å². The van der Waals surface area contributed by atoms with Crippen molar-refractivity contribution in [1.82, 2.24) is 0 Å². The Morgan fingerprint density at radius 1 is 0.944 bits per heavy atom. The summed E-state index contributed by atoms with van der Waals surface area (Å²) < 4.78 is 11.9. The molecule has 0 aliphatic rings. The number of unbranched alkanes of at least 4 members (excludes halogenated alkanes) is 5. The van der Waals surface area contributed by atoms with E-state index in [0.717, 1.165) is 17.3 Å². The van der Waals surface area contributed by atoms with Crippen molar-refractivity contribution in [3.63, 3.8) is 0 Å². The lowest BCUT2D eigenvalue weighted by Gasteiger charge is -2.08. The van der Waals surface area contributed by atoms with Gasteiger partial charge in [-0.05, 0) is 12.8 Å². The van der Waals surface area contributed by atoms with Crippen molar-refractivity contribution in [3.8, 4) is 0 Å². The number of ether oxygens (including phenoxy) is 2. The fourth-order valence-electron chi connectivity index (χ4n) is 1.77. The van der Waals surface area contributed by atoms with Gasteiger partial charge in [-0.2, -0.15) is 0 Å². The van der Waals surface area contributed by atoms with Gasteiger partial charge in [0, 0.05) is 13.2 Å².